The molecule has 1 aromatic heterocycles. The van der Waals surface area contributed by atoms with E-state index < -0.39 is 0 Å². The highest BCUT2D eigenvalue weighted by Gasteiger charge is 2.11. The fourth-order valence-electron chi connectivity index (χ4n) is 1.44. The highest BCUT2D eigenvalue weighted by atomic mass is 35.5. The van der Waals surface area contributed by atoms with Gasteiger partial charge in [0.2, 0.25) is 0 Å². The maximum atomic E-state index is 6.18. The monoisotopic (exact) mass is 287 g/mol. The van der Waals surface area contributed by atoms with Gasteiger partial charge in [0.15, 0.2) is 5.13 Å². The second-order valence-corrected chi connectivity index (χ2v) is 6.07. The van der Waals surface area contributed by atoms with Crippen LogP contribution in [0.15, 0.2) is 5.57 Å². The summed E-state index contributed by atoms with van der Waals surface area (Å²) in [5, 5.41) is 4.90. The van der Waals surface area contributed by atoms with E-state index in [4.69, 9.17) is 11.6 Å². The molecule has 3 nitrogen and oxygen atoms in total. The first kappa shape index (κ1) is 15.5. The van der Waals surface area contributed by atoms with Crippen molar-refractivity contribution in [3.8, 4) is 0 Å². The zero-order valence-corrected chi connectivity index (χ0v) is 13.3. The molecule has 0 aliphatic carbocycles. The van der Waals surface area contributed by atoms with Gasteiger partial charge >= 0.3 is 0 Å². The molecule has 1 aromatic rings. The van der Waals surface area contributed by atoms with Crippen LogP contribution in [0.3, 0.4) is 0 Å². The van der Waals surface area contributed by atoms with E-state index in [1.54, 1.807) is 11.3 Å². The van der Waals surface area contributed by atoms with Gasteiger partial charge in [0.25, 0.3) is 0 Å². The summed E-state index contributed by atoms with van der Waals surface area (Å²) in [7, 11) is 3.95. The lowest BCUT2D eigenvalue weighted by Crippen LogP contribution is -2.18. The summed E-state index contributed by atoms with van der Waals surface area (Å²) in [4.78, 5) is 7.37. The maximum Gasteiger partial charge on any atom is 0.186 e. The summed E-state index contributed by atoms with van der Waals surface area (Å²) in [6.45, 7) is 8.39. The van der Waals surface area contributed by atoms with Gasteiger partial charge in [-0.05, 0) is 18.5 Å². The molecule has 0 atom stereocenters. The number of hydrogen-bond acceptors (Lipinski definition) is 4. The fourth-order valence-corrected chi connectivity index (χ4v) is 2.60. The fraction of sp³-hybridized carbons (Fsp3) is 0.615. The summed E-state index contributed by atoms with van der Waals surface area (Å²) in [5.74, 6) is 0.505. The minimum atomic E-state index is 0.505. The van der Waals surface area contributed by atoms with Crippen molar-refractivity contribution in [2.45, 2.75) is 20.8 Å². The van der Waals surface area contributed by atoms with E-state index in [1.807, 2.05) is 19.0 Å². The van der Waals surface area contributed by atoms with E-state index in [9.17, 15) is 0 Å². The molecule has 0 saturated carbocycles. The lowest BCUT2D eigenvalue weighted by molar-refractivity contribution is 0.683. The number of halogens is 1. The zero-order chi connectivity index (χ0) is 13.7. The van der Waals surface area contributed by atoms with E-state index >= 15 is 0 Å². The van der Waals surface area contributed by atoms with E-state index in [1.165, 1.54) is 5.57 Å². The minimum Gasteiger partial charge on any atom is -0.354 e. The maximum absolute atomic E-state index is 6.18. The topological polar surface area (TPSA) is 28.2 Å². The van der Waals surface area contributed by atoms with Crippen LogP contribution in [0.2, 0.25) is 5.15 Å². The molecule has 1 rings (SSSR count). The molecule has 0 saturated heterocycles. The van der Waals surface area contributed by atoms with Gasteiger partial charge in [-0.3, -0.25) is 0 Å². The molecule has 1 N–H and O–H groups in total. The van der Waals surface area contributed by atoms with Crippen LogP contribution in [0.4, 0.5) is 5.13 Å². The standard InChI is InChI=1S/C13H22ClN3S/c1-6-15-8-10(9(2)3)7-11-12(14)16-13(18-11)17(4)5/h7,9,15H,6,8H2,1-5H3. The molecule has 0 spiro atoms. The molecule has 0 amide bonds. The number of nitrogens with zero attached hydrogens (tertiary/aromatic N) is 2. The number of rotatable bonds is 6. The van der Waals surface area contributed by atoms with Crippen LogP contribution in [0.5, 0.6) is 0 Å². The van der Waals surface area contributed by atoms with Crippen molar-refractivity contribution in [2.75, 3.05) is 32.1 Å². The Balaban J connectivity index is 2.96. The minimum absolute atomic E-state index is 0.505. The van der Waals surface area contributed by atoms with Gasteiger partial charge < -0.3 is 10.2 Å². The van der Waals surface area contributed by atoms with Crippen LogP contribution in [0.1, 0.15) is 25.6 Å². The molecule has 0 aliphatic heterocycles. The molecule has 102 valence electrons. The Bertz CT molecular complexity index is 410. The average Bonchev–Trinajstić information content (AvgIpc) is 2.66. The van der Waals surface area contributed by atoms with Crippen LogP contribution in [0.25, 0.3) is 6.08 Å². The first-order valence-electron chi connectivity index (χ1n) is 6.20. The zero-order valence-electron chi connectivity index (χ0n) is 11.7. The van der Waals surface area contributed by atoms with Crippen molar-refractivity contribution >= 4 is 34.1 Å². The molecule has 0 radical (unpaired) electrons. The molecule has 18 heavy (non-hydrogen) atoms. The van der Waals surface area contributed by atoms with Gasteiger partial charge in [0.05, 0.1) is 4.88 Å². The predicted molar refractivity (Wildman–Crippen MR) is 82.8 cm³/mol. The Labute approximate surface area is 119 Å². The number of thiazole rings is 1. The quantitative estimate of drug-likeness (QED) is 0.868. The molecule has 0 unspecified atom stereocenters. The first-order valence-corrected chi connectivity index (χ1v) is 7.40. The van der Waals surface area contributed by atoms with Crippen molar-refractivity contribution < 1.29 is 0 Å². The van der Waals surface area contributed by atoms with Crippen LogP contribution in [-0.4, -0.2) is 32.2 Å². The van der Waals surface area contributed by atoms with Crippen molar-refractivity contribution in [2.24, 2.45) is 5.92 Å². The number of hydrogen-bond donors (Lipinski definition) is 1. The molecule has 0 bridgehead atoms. The Morgan fingerprint density at radius 2 is 2.17 bits per heavy atom. The molecule has 0 aliphatic rings. The number of likely N-dealkylation sites (N-methyl/N-ethyl adjacent to an activating group) is 1. The van der Waals surface area contributed by atoms with E-state index in [0.717, 1.165) is 23.1 Å². The largest absolute Gasteiger partial charge is 0.354 e. The molecule has 1 heterocycles. The third-order valence-corrected chi connectivity index (χ3v) is 4.19. The van der Waals surface area contributed by atoms with Gasteiger partial charge in [-0.2, -0.15) is 0 Å². The van der Waals surface area contributed by atoms with Gasteiger partial charge in [0, 0.05) is 20.6 Å². The number of nitrogens with one attached hydrogen (secondary N) is 1. The van der Waals surface area contributed by atoms with Gasteiger partial charge in [-0.1, -0.05) is 49.3 Å². The van der Waals surface area contributed by atoms with Gasteiger partial charge in [0.1, 0.15) is 5.15 Å². The second kappa shape index (κ2) is 7.12. The van der Waals surface area contributed by atoms with Crippen LogP contribution < -0.4 is 10.2 Å². The highest BCUT2D eigenvalue weighted by molar-refractivity contribution is 7.17. The smallest absolute Gasteiger partial charge is 0.186 e. The highest BCUT2D eigenvalue weighted by Crippen LogP contribution is 2.31. The average molecular weight is 288 g/mol. The summed E-state index contributed by atoms with van der Waals surface area (Å²) >= 11 is 7.80. The van der Waals surface area contributed by atoms with Gasteiger partial charge in [-0.15, -0.1) is 0 Å². The van der Waals surface area contributed by atoms with E-state index in [-0.39, 0.29) is 0 Å². The van der Waals surface area contributed by atoms with E-state index in [2.05, 4.69) is 37.1 Å². The van der Waals surface area contributed by atoms with E-state index in [0.29, 0.717) is 11.1 Å². The molecule has 0 aromatic carbocycles. The molecular weight excluding hydrogens is 266 g/mol. The summed E-state index contributed by atoms with van der Waals surface area (Å²) in [5.41, 5.74) is 1.35. The predicted octanol–water partition coefficient (Wildman–Crippen LogP) is 3.51. The molecule has 0 fully saturated rings. The summed E-state index contributed by atoms with van der Waals surface area (Å²) in [6, 6.07) is 0. The summed E-state index contributed by atoms with van der Waals surface area (Å²) in [6.07, 6.45) is 2.17. The Kier molecular flexibility index (Phi) is 6.12. The normalized spacial score (nSPS) is 12.3. The van der Waals surface area contributed by atoms with Gasteiger partial charge in [-0.25, -0.2) is 4.98 Å². The van der Waals surface area contributed by atoms with Crippen molar-refractivity contribution in [3.63, 3.8) is 0 Å². The van der Waals surface area contributed by atoms with Crippen LogP contribution >= 0.6 is 22.9 Å². The lowest BCUT2D eigenvalue weighted by atomic mass is 10.0. The number of aromatic nitrogens is 1. The van der Waals surface area contributed by atoms with Crippen LogP contribution in [-0.2, 0) is 0 Å². The SMILES string of the molecule is CCNCC(=Cc1sc(N(C)C)nc1Cl)C(C)C. The van der Waals surface area contributed by atoms with Crippen molar-refractivity contribution in [1.29, 1.82) is 0 Å². The Morgan fingerprint density at radius 3 is 2.61 bits per heavy atom. The molecule has 5 heteroatoms. The third kappa shape index (κ3) is 4.26. The van der Waals surface area contributed by atoms with Crippen molar-refractivity contribution in [1.82, 2.24) is 10.3 Å². The Morgan fingerprint density at radius 1 is 1.50 bits per heavy atom. The second-order valence-electron chi connectivity index (χ2n) is 4.70. The Hall–Kier alpha value is -0.580. The lowest BCUT2D eigenvalue weighted by Gasteiger charge is -2.11. The van der Waals surface area contributed by atoms with Crippen LogP contribution in [0, 0.1) is 5.92 Å². The van der Waals surface area contributed by atoms with Crippen molar-refractivity contribution in [3.05, 3.63) is 15.6 Å². The number of anilines is 1. The third-order valence-electron chi connectivity index (χ3n) is 2.62. The summed E-state index contributed by atoms with van der Waals surface area (Å²) < 4.78 is 0. The first-order chi connectivity index (χ1) is 8.45. The molecular formula is C13H22ClN3S.